The quantitative estimate of drug-likeness (QED) is 0.368. The van der Waals surface area contributed by atoms with Gasteiger partial charge < -0.3 is 18.8 Å². The molecule has 0 spiro atoms. The third kappa shape index (κ3) is 4.60. The van der Waals surface area contributed by atoms with E-state index < -0.39 is 6.04 Å². The lowest BCUT2D eigenvalue weighted by atomic mass is 9.96. The molecule has 1 aliphatic heterocycles. The number of carbonyl (C=O) groups excluding carboxylic acids is 1. The van der Waals surface area contributed by atoms with Crippen LogP contribution >= 0.6 is 0 Å². The SMILES string of the molecule is CCCCCOc1cccc(C2c3c(oc4cc(C)cc(C)c4c3=O)C(=O)N2CCCOC)c1. The monoisotopic (exact) mass is 463 g/mol. The smallest absolute Gasteiger partial charge is 0.290 e. The number of rotatable bonds is 10. The van der Waals surface area contributed by atoms with E-state index in [4.69, 9.17) is 13.9 Å². The van der Waals surface area contributed by atoms with Gasteiger partial charge >= 0.3 is 0 Å². The van der Waals surface area contributed by atoms with Crippen LogP contribution in [0.15, 0.2) is 45.6 Å². The number of nitrogens with zero attached hydrogens (tertiary/aromatic N) is 1. The van der Waals surface area contributed by atoms with E-state index in [1.807, 2.05) is 50.2 Å². The number of ether oxygens (including phenoxy) is 2. The van der Waals surface area contributed by atoms with E-state index in [-0.39, 0.29) is 17.1 Å². The van der Waals surface area contributed by atoms with Gasteiger partial charge in [-0.2, -0.15) is 0 Å². The molecular formula is C28H33NO5. The highest BCUT2D eigenvalue weighted by atomic mass is 16.5. The Kier molecular flexibility index (Phi) is 7.37. The second kappa shape index (κ2) is 10.4. The summed E-state index contributed by atoms with van der Waals surface area (Å²) in [7, 11) is 1.64. The van der Waals surface area contributed by atoms with Crippen molar-refractivity contribution in [1.82, 2.24) is 4.90 Å². The maximum atomic E-state index is 13.8. The first-order chi connectivity index (χ1) is 16.5. The highest BCUT2D eigenvalue weighted by Gasteiger charge is 2.42. The molecule has 2 aromatic carbocycles. The number of fused-ring (bicyclic) bond motifs is 2. The minimum atomic E-state index is -0.528. The van der Waals surface area contributed by atoms with Crippen molar-refractivity contribution in [2.75, 3.05) is 26.9 Å². The third-order valence-electron chi connectivity index (χ3n) is 6.35. The summed E-state index contributed by atoms with van der Waals surface area (Å²) >= 11 is 0. The lowest BCUT2D eigenvalue weighted by Crippen LogP contribution is -2.31. The largest absolute Gasteiger partial charge is 0.494 e. The van der Waals surface area contributed by atoms with Gasteiger partial charge in [-0.25, -0.2) is 0 Å². The molecule has 0 bridgehead atoms. The van der Waals surface area contributed by atoms with Gasteiger partial charge in [0, 0.05) is 20.3 Å². The Morgan fingerprint density at radius 1 is 1.03 bits per heavy atom. The van der Waals surface area contributed by atoms with Gasteiger partial charge in [-0.1, -0.05) is 38.0 Å². The Hall–Kier alpha value is -3.12. The van der Waals surface area contributed by atoms with E-state index in [2.05, 4.69) is 6.92 Å². The summed E-state index contributed by atoms with van der Waals surface area (Å²) in [5.74, 6) is 0.617. The van der Waals surface area contributed by atoms with Gasteiger partial charge in [0.25, 0.3) is 5.91 Å². The van der Waals surface area contributed by atoms with E-state index in [0.29, 0.717) is 42.7 Å². The van der Waals surface area contributed by atoms with Gasteiger partial charge in [-0.15, -0.1) is 0 Å². The maximum absolute atomic E-state index is 13.8. The number of hydrogen-bond acceptors (Lipinski definition) is 5. The van der Waals surface area contributed by atoms with E-state index in [9.17, 15) is 9.59 Å². The summed E-state index contributed by atoms with van der Waals surface area (Å²) in [6.45, 7) is 7.64. The van der Waals surface area contributed by atoms with Crippen molar-refractivity contribution in [2.45, 2.75) is 52.5 Å². The van der Waals surface area contributed by atoms with Crippen LogP contribution in [0, 0.1) is 13.8 Å². The summed E-state index contributed by atoms with van der Waals surface area (Å²) in [5.41, 5.74) is 3.40. The van der Waals surface area contributed by atoms with Gasteiger partial charge in [0.2, 0.25) is 5.76 Å². The molecule has 2 heterocycles. The number of carbonyl (C=O) groups is 1. The van der Waals surface area contributed by atoms with Crippen LogP contribution in [0.25, 0.3) is 11.0 Å². The molecule has 0 saturated carbocycles. The third-order valence-corrected chi connectivity index (χ3v) is 6.35. The molecule has 6 nitrogen and oxygen atoms in total. The standard InChI is InChI=1S/C28H33NO5/c1-5-6-7-14-33-21-11-8-10-20(17-21)25-24-26(30)23-19(3)15-18(2)16-22(23)34-27(24)28(31)29(25)12-9-13-32-4/h8,10-11,15-17,25H,5-7,9,12-14H2,1-4H3. The van der Waals surface area contributed by atoms with E-state index >= 15 is 0 Å². The van der Waals surface area contributed by atoms with Crippen molar-refractivity contribution in [1.29, 1.82) is 0 Å². The first-order valence-corrected chi connectivity index (χ1v) is 12.1. The Balaban J connectivity index is 1.81. The zero-order valence-electron chi connectivity index (χ0n) is 20.5. The Bertz CT molecular complexity index is 1250. The van der Waals surface area contributed by atoms with Gasteiger partial charge in [-0.05, 0) is 61.6 Å². The molecule has 1 unspecified atom stereocenters. The number of amides is 1. The maximum Gasteiger partial charge on any atom is 0.290 e. The van der Waals surface area contributed by atoms with E-state index in [1.165, 1.54) is 0 Å². The first-order valence-electron chi connectivity index (χ1n) is 12.1. The summed E-state index contributed by atoms with van der Waals surface area (Å²) in [6.07, 6.45) is 3.89. The molecule has 0 N–H and O–H groups in total. The topological polar surface area (TPSA) is 69.0 Å². The molecule has 0 saturated heterocycles. The van der Waals surface area contributed by atoms with Crippen LogP contribution in [0.1, 0.15) is 71.5 Å². The number of unbranched alkanes of at least 4 members (excludes halogenated alkanes) is 2. The zero-order valence-corrected chi connectivity index (χ0v) is 20.5. The fraction of sp³-hybridized carbons (Fsp3) is 0.429. The minimum Gasteiger partial charge on any atom is -0.494 e. The fourth-order valence-corrected chi connectivity index (χ4v) is 4.79. The number of aryl methyl sites for hydroxylation is 2. The average Bonchev–Trinajstić information content (AvgIpc) is 3.09. The molecule has 0 fully saturated rings. The predicted octanol–water partition coefficient (Wildman–Crippen LogP) is 5.56. The predicted molar refractivity (Wildman–Crippen MR) is 133 cm³/mol. The second-order valence-electron chi connectivity index (χ2n) is 9.00. The summed E-state index contributed by atoms with van der Waals surface area (Å²) in [4.78, 5) is 29.0. The Labute approximate surface area is 200 Å². The Morgan fingerprint density at radius 3 is 2.62 bits per heavy atom. The first kappa shape index (κ1) is 24.0. The lowest BCUT2D eigenvalue weighted by molar-refractivity contribution is 0.0707. The van der Waals surface area contributed by atoms with Gasteiger partial charge in [0.1, 0.15) is 11.3 Å². The molecule has 3 aromatic rings. The molecule has 4 rings (SSSR count). The van der Waals surface area contributed by atoms with Crippen LogP contribution in [0.5, 0.6) is 5.75 Å². The highest BCUT2D eigenvalue weighted by Crippen LogP contribution is 2.39. The molecule has 0 aliphatic carbocycles. The number of hydrogen-bond donors (Lipinski definition) is 0. The van der Waals surface area contributed by atoms with Crippen LogP contribution in [-0.2, 0) is 4.74 Å². The van der Waals surface area contributed by atoms with Crippen molar-refractivity contribution in [3.8, 4) is 5.75 Å². The van der Waals surface area contributed by atoms with Crippen molar-refractivity contribution in [3.63, 3.8) is 0 Å². The zero-order chi connectivity index (χ0) is 24.2. The van der Waals surface area contributed by atoms with Crippen molar-refractivity contribution in [2.24, 2.45) is 0 Å². The molecule has 1 aromatic heterocycles. The van der Waals surface area contributed by atoms with Crippen LogP contribution in [-0.4, -0.2) is 37.7 Å². The molecule has 1 atom stereocenters. The van der Waals surface area contributed by atoms with Gasteiger partial charge in [-0.3, -0.25) is 9.59 Å². The van der Waals surface area contributed by atoms with E-state index in [1.54, 1.807) is 12.0 Å². The van der Waals surface area contributed by atoms with Gasteiger partial charge in [0.05, 0.1) is 23.6 Å². The molecule has 34 heavy (non-hydrogen) atoms. The summed E-state index contributed by atoms with van der Waals surface area (Å²) in [6, 6.07) is 11.0. The summed E-state index contributed by atoms with van der Waals surface area (Å²) in [5, 5.41) is 0.535. The van der Waals surface area contributed by atoms with Crippen molar-refractivity contribution >= 4 is 16.9 Å². The van der Waals surface area contributed by atoms with Crippen molar-refractivity contribution in [3.05, 3.63) is 74.6 Å². The molecule has 0 radical (unpaired) electrons. The van der Waals surface area contributed by atoms with Gasteiger partial charge in [0.15, 0.2) is 5.43 Å². The molecule has 180 valence electrons. The second-order valence-corrected chi connectivity index (χ2v) is 9.00. The molecule has 1 aliphatic rings. The van der Waals surface area contributed by atoms with Crippen LogP contribution in [0.3, 0.4) is 0 Å². The Morgan fingerprint density at radius 2 is 1.85 bits per heavy atom. The average molecular weight is 464 g/mol. The van der Waals surface area contributed by atoms with Crippen molar-refractivity contribution < 1.29 is 18.7 Å². The molecule has 6 heteroatoms. The van der Waals surface area contributed by atoms with Crippen LogP contribution in [0.4, 0.5) is 0 Å². The summed E-state index contributed by atoms with van der Waals surface area (Å²) < 4.78 is 17.3. The van der Waals surface area contributed by atoms with Crippen LogP contribution < -0.4 is 10.2 Å². The lowest BCUT2D eigenvalue weighted by Gasteiger charge is -2.25. The van der Waals surface area contributed by atoms with Crippen LogP contribution in [0.2, 0.25) is 0 Å². The molecule has 1 amide bonds. The number of benzene rings is 2. The van der Waals surface area contributed by atoms with E-state index in [0.717, 1.165) is 41.7 Å². The fourth-order valence-electron chi connectivity index (χ4n) is 4.79. The number of methoxy groups -OCH3 is 1. The minimum absolute atomic E-state index is 0.138. The molecular weight excluding hydrogens is 430 g/mol. The highest BCUT2D eigenvalue weighted by molar-refractivity contribution is 5.99. The normalized spacial score (nSPS) is 15.2.